The summed E-state index contributed by atoms with van der Waals surface area (Å²) in [6, 6.07) is 0. The van der Waals surface area contributed by atoms with Crippen molar-refractivity contribution in [3.63, 3.8) is 0 Å². The largest absolute Gasteiger partial charge is 0.481 e. The summed E-state index contributed by atoms with van der Waals surface area (Å²) in [6.07, 6.45) is -3.30. The van der Waals surface area contributed by atoms with Crippen LogP contribution in [0.25, 0.3) is 0 Å². The van der Waals surface area contributed by atoms with Crippen molar-refractivity contribution in [2.24, 2.45) is 17.3 Å². The molecule has 0 aliphatic heterocycles. The summed E-state index contributed by atoms with van der Waals surface area (Å²) < 4.78 is 35.4. The fourth-order valence-electron chi connectivity index (χ4n) is 1.72. The van der Waals surface area contributed by atoms with Crippen molar-refractivity contribution in [3.8, 4) is 0 Å². The molecule has 0 heterocycles. The molecule has 1 aliphatic carbocycles. The molecule has 80 valence electrons. The van der Waals surface area contributed by atoms with Crippen LogP contribution < -0.4 is 0 Å². The third-order valence-corrected chi connectivity index (χ3v) is 2.67. The van der Waals surface area contributed by atoms with Gasteiger partial charge in [0.05, 0.1) is 5.92 Å². The number of rotatable bonds is 2. The van der Waals surface area contributed by atoms with E-state index in [0.717, 1.165) is 6.08 Å². The van der Waals surface area contributed by atoms with Gasteiger partial charge in [-0.15, -0.1) is 0 Å². The smallest absolute Gasteiger partial charge is 0.409 e. The van der Waals surface area contributed by atoms with Crippen LogP contribution in [-0.2, 0) is 4.79 Å². The summed E-state index contributed by atoms with van der Waals surface area (Å²) in [5.41, 5.74) is -0.562. The lowest BCUT2D eigenvalue weighted by Gasteiger charge is -1.98. The summed E-state index contributed by atoms with van der Waals surface area (Å²) in [5.74, 6) is -2.24. The molecular formula is C9H11F3O2. The Morgan fingerprint density at radius 1 is 1.43 bits per heavy atom. The van der Waals surface area contributed by atoms with Gasteiger partial charge >= 0.3 is 12.1 Å². The van der Waals surface area contributed by atoms with Crippen LogP contribution in [0, 0.1) is 17.3 Å². The first-order valence-corrected chi connectivity index (χ1v) is 4.15. The van der Waals surface area contributed by atoms with Crippen LogP contribution in [0.4, 0.5) is 13.2 Å². The number of aliphatic carboxylic acids is 1. The summed E-state index contributed by atoms with van der Waals surface area (Å²) in [5, 5.41) is 8.67. The predicted octanol–water partition coefficient (Wildman–Crippen LogP) is 2.46. The van der Waals surface area contributed by atoms with E-state index in [4.69, 9.17) is 5.11 Å². The molecule has 0 aromatic rings. The second-order valence-electron chi connectivity index (χ2n) is 4.06. The van der Waals surface area contributed by atoms with Gasteiger partial charge in [0.25, 0.3) is 0 Å². The van der Waals surface area contributed by atoms with Crippen molar-refractivity contribution in [3.05, 3.63) is 12.2 Å². The van der Waals surface area contributed by atoms with Crippen LogP contribution in [-0.4, -0.2) is 17.3 Å². The number of hydrogen-bond acceptors (Lipinski definition) is 1. The highest BCUT2D eigenvalue weighted by atomic mass is 19.4. The minimum absolute atomic E-state index is 0.113. The molecular weight excluding hydrogens is 197 g/mol. The maximum atomic E-state index is 11.8. The summed E-state index contributed by atoms with van der Waals surface area (Å²) in [4.78, 5) is 10.6. The molecule has 0 amide bonds. The highest BCUT2D eigenvalue weighted by molar-refractivity contribution is 5.76. The van der Waals surface area contributed by atoms with Crippen LogP contribution >= 0.6 is 0 Å². The van der Waals surface area contributed by atoms with Gasteiger partial charge in [0.2, 0.25) is 0 Å². The quantitative estimate of drug-likeness (QED) is 0.708. The number of carboxylic acid groups (broad SMARTS) is 1. The van der Waals surface area contributed by atoms with Crippen molar-refractivity contribution in [1.82, 2.24) is 0 Å². The molecule has 1 aliphatic rings. The van der Waals surface area contributed by atoms with E-state index in [1.54, 1.807) is 13.8 Å². The normalized spacial score (nSPS) is 30.6. The van der Waals surface area contributed by atoms with Gasteiger partial charge in [-0.25, -0.2) is 0 Å². The van der Waals surface area contributed by atoms with Gasteiger partial charge in [-0.3, -0.25) is 4.79 Å². The Labute approximate surface area is 79.4 Å². The van der Waals surface area contributed by atoms with Gasteiger partial charge in [-0.2, -0.15) is 13.2 Å². The van der Waals surface area contributed by atoms with Crippen LogP contribution in [0.5, 0.6) is 0 Å². The molecule has 0 spiro atoms. The molecule has 0 bridgehead atoms. The van der Waals surface area contributed by atoms with E-state index >= 15 is 0 Å². The first-order chi connectivity index (χ1) is 6.16. The molecule has 1 N–H and O–H groups in total. The minimum atomic E-state index is -4.36. The average molecular weight is 208 g/mol. The number of carboxylic acids is 1. The number of hydrogen-bond donors (Lipinski definition) is 1. The van der Waals surface area contributed by atoms with Gasteiger partial charge in [0, 0.05) is 6.08 Å². The monoisotopic (exact) mass is 208 g/mol. The van der Waals surface area contributed by atoms with Gasteiger partial charge in [-0.05, 0) is 11.3 Å². The second kappa shape index (κ2) is 3.00. The lowest BCUT2D eigenvalue weighted by atomic mass is 10.1. The van der Waals surface area contributed by atoms with Gasteiger partial charge in [-0.1, -0.05) is 19.9 Å². The summed E-state index contributed by atoms with van der Waals surface area (Å²) in [7, 11) is 0. The number of allylic oxidation sites excluding steroid dienone is 2. The molecule has 1 rings (SSSR count). The van der Waals surface area contributed by atoms with E-state index in [1.807, 2.05) is 0 Å². The first-order valence-electron chi connectivity index (χ1n) is 4.15. The maximum absolute atomic E-state index is 11.8. The number of carbonyl (C=O) groups is 1. The highest BCUT2D eigenvalue weighted by Gasteiger charge is 2.60. The highest BCUT2D eigenvalue weighted by Crippen LogP contribution is 2.59. The fourth-order valence-corrected chi connectivity index (χ4v) is 1.72. The Bertz CT molecular complexity index is 278. The predicted molar refractivity (Wildman–Crippen MR) is 43.6 cm³/mol. The average Bonchev–Trinajstić information content (AvgIpc) is 2.47. The number of halogens is 3. The Hall–Kier alpha value is -1.00. The van der Waals surface area contributed by atoms with Gasteiger partial charge in [0.1, 0.15) is 0 Å². The van der Waals surface area contributed by atoms with Crippen molar-refractivity contribution in [1.29, 1.82) is 0 Å². The molecule has 0 aromatic carbocycles. The Balaban J connectivity index is 2.67. The van der Waals surface area contributed by atoms with Crippen molar-refractivity contribution in [2.75, 3.05) is 0 Å². The first kappa shape index (κ1) is 11.1. The van der Waals surface area contributed by atoms with E-state index in [-0.39, 0.29) is 6.08 Å². The molecule has 1 fully saturated rings. The van der Waals surface area contributed by atoms with Crippen molar-refractivity contribution < 1.29 is 23.1 Å². The lowest BCUT2D eigenvalue weighted by molar-refractivity contribution is -0.139. The molecule has 14 heavy (non-hydrogen) atoms. The van der Waals surface area contributed by atoms with E-state index in [2.05, 4.69) is 0 Å². The molecule has 2 nitrogen and oxygen atoms in total. The molecule has 0 aromatic heterocycles. The van der Waals surface area contributed by atoms with E-state index in [1.165, 1.54) is 0 Å². The van der Waals surface area contributed by atoms with Gasteiger partial charge < -0.3 is 5.11 Å². The second-order valence-corrected chi connectivity index (χ2v) is 4.06. The summed E-state index contributed by atoms with van der Waals surface area (Å²) in [6.45, 7) is 3.30. The van der Waals surface area contributed by atoms with Crippen LogP contribution in [0.1, 0.15) is 13.8 Å². The zero-order valence-electron chi connectivity index (χ0n) is 7.80. The zero-order chi connectivity index (χ0) is 11.1. The molecule has 2 atom stereocenters. The minimum Gasteiger partial charge on any atom is -0.481 e. The van der Waals surface area contributed by atoms with Crippen LogP contribution in [0.2, 0.25) is 0 Å². The standard InChI is InChI=1S/C9H11F3O2/c1-8(2)5(6(8)7(13)14)3-4-9(10,11)12/h3-6H,1-2H3,(H,13,14)/b4-3-/t5-,6-/m1/s1. The van der Waals surface area contributed by atoms with E-state index < -0.39 is 29.4 Å². The Morgan fingerprint density at radius 3 is 2.21 bits per heavy atom. The van der Waals surface area contributed by atoms with E-state index in [0.29, 0.717) is 0 Å². The molecule has 5 heteroatoms. The molecule has 0 saturated heterocycles. The third-order valence-electron chi connectivity index (χ3n) is 2.67. The number of alkyl halides is 3. The van der Waals surface area contributed by atoms with Crippen LogP contribution in [0.3, 0.4) is 0 Å². The van der Waals surface area contributed by atoms with Crippen molar-refractivity contribution in [2.45, 2.75) is 20.0 Å². The third kappa shape index (κ3) is 2.08. The Kier molecular flexibility index (Phi) is 2.37. The van der Waals surface area contributed by atoms with Crippen LogP contribution in [0.15, 0.2) is 12.2 Å². The maximum Gasteiger partial charge on any atom is 0.409 e. The van der Waals surface area contributed by atoms with Gasteiger partial charge in [0.15, 0.2) is 0 Å². The topological polar surface area (TPSA) is 37.3 Å². The lowest BCUT2D eigenvalue weighted by Crippen LogP contribution is -2.03. The van der Waals surface area contributed by atoms with Crippen molar-refractivity contribution >= 4 is 5.97 Å². The zero-order valence-corrected chi connectivity index (χ0v) is 7.80. The fraction of sp³-hybridized carbons (Fsp3) is 0.667. The van der Waals surface area contributed by atoms with E-state index in [9.17, 15) is 18.0 Å². The Morgan fingerprint density at radius 2 is 1.93 bits per heavy atom. The summed E-state index contributed by atoms with van der Waals surface area (Å²) >= 11 is 0. The SMILES string of the molecule is CC1(C)[C@H](/C=C\C(F)(F)F)[C@@H]1C(=O)O. The molecule has 0 radical (unpaired) electrons. The molecule has 0 unspecified atom stereocenters. The molecule has 1 saturated carbocycles.